The number of likely N-dealkylation sites (tertiary alicyclic amines) is 1. The third kappa shape index (κ3) is 6.17. The van der Waals surface area contributed by atoms with Crippen LogP contribution in [0.5, 0.6) is 23.0 Å². The Bertz CT molecular complexity index is 1030. The fourth-order valence-corrected chi connectivity index (χ4v) is 4.04. The number of benzene rings is 3. The normalized spacial score (nSPS) is 14.6. The van der Waals surface area contributed by atoms with Gasteiger partial charge in [0.05, 0.1) is 14.2 Å². The lowest BCUT2D eigenvalue weighted by molar-refractivity contribution is 0.0916. The zero-order valence-electron chi connectivity index (χ0n) is 19.1. The number of ether oxygens (including phenoxy) is 4. The van der Waals surface area contributed by atoms with Gasteiger partial charge in [0.1, 0.15) is 41.5 Å². The van der Waals surface area contributed by atoms with Gasteiger partial charge in [-0.25, -0.2) is 4.39 Å². The van der Waals surface area contributed by atoms with Gasteiger partial charge in [-0.15, -0.1) is 0 Å². The van der Waals surface area contributed by atoms with Gasteiger partial charge in [-0.1, -0.05) is 12.1 Å². The summed E-state index contributed by atoms with van der Waals surface area (Å²) in [7, 11) is 3.33. The lowest BCUT2D eigenvalue weighted by Crippen LogP contribution is -2.40. The first kappa shape index (κ1) is 22.9. The molecule has 1 fully saturated rings. The molecular formula is C27H30FNO4. The molecule has 3 aromatic rings. The number of halogens is 1. The Hall–Kier alpha value is -3.25. The van der Waals surface area contributed by atoms with Crippen LogP contribution in [0.3, 0.4) is 0 Å². The molecular weight excluding hydrogens is 421 g/mol. The molecule has 0 N–H and O–H groups in total. The van der Waals surface area contributed by atoms with Gasteiger partial charge in [-0.3, -0.25) is 4.90 Å². The molecule has 1 heterocycles. The van der Waals surface area contributed by atoms with Crippen LogP contribution in [0.4, 0.5) is 4.39 Å². The Kier molecular flexibility index (Phi) is 7.68. The molecule has 0 amide bonds. The number of hydrogen-bond donors (Lipinski definition) is 0. The van der Waals surface area contributed by atoms with E-state index in [-0.39, 0.29) is 11.9 Å². The van der Waals surface area contributed by atoms with Crippen LogP contribution < -0.4 is 18.9 Å². The van der Waals surface area contributed by atoms with Crippen molar-refractivity contribution in [2.75, 3.05) is 40.5 Å². The summed E-state index contributed by atoms with van der Waals surface area (Å²) in [5.74, 6) is 2.88. The highest BCUT2D eigenvalue weighted by Crippen LogP contribution is 2.35. The van der Waals surface area contributed by atoms with E-state index in [0.29, 0.717) is 12.4 Å². The molecule has 174 valence electrons. The molecule has 1 aliphatic heterocycles. The summed E-state index contributed by atoms with van der Waals surface area (Å²) < 4.78 is 35.9. The second kappa shape index (κ2) is 11.1. The average molecular weight is 452 g/mol. The number of rotatable bonds is 9. The van der Waals surface area contributed by atoms with Crippen LogP contribution >= 0.6 is 0 Å². The fourth-order valence-electron chi connectivity index (χ4n) is 4.04. The first-order valence-corrected chi connectivity index (χ1v) is 11.2. The Morgan fingerprint density at radius 1 is 0.848 bits per heavy atom. The second-order valence-electron chi connectivity index (χ2n) is 8.06. The predicted molar refractivity (Wildman–Crippen MR) is 127 cm³/mol. The van der Waals surface area contributed by atoms with E-state index in [4.69, 9.17) is 18.9 Å². The maximum Gasteiger partial charge on any atom is 0.126 e. The molecule has 1 saturated heterocycles. The maximum atomic E-state index is 13.0. The summed E-state index contributed by atoms with van der Waals surface area (Å²) in [5.41, 5.74) is 2.00. The van der Waals surface area contributed by atoms with E-state index >= 15 is 0 Å². The molecule has 0 radical (unpaired) electrons. The highest BCUT2D eigenvalue weighted by Gasteiger charge is 2.21. The van der Waals surface area contributed by atoms with Crippen LogP contribution in [-0.2, 0) is 0 Å². The van der Waals surface area contributed by atoms with Gasteiger partial charge < -0.3 is 18.9 Å². The standard InChI is InChI=1S/C27H30FNO4/c1-30-24-10-11-27(31-2)26(19-24)20-4-3-5-25(18-20)33-23-12-14-29(15-13-23)16-17-32-22-8-6-21(28)7-9-22/h3-11,18-19,23H,12-17H2,1-2H3. The number of piperidine rings is 1. The summed E-state index contributed by atoms with van der Waals surface area (Å²) in [6.07, 6.45) is 2.11. The summed E-state index contributed by atoms with van der Waals surface area (Å²) in [6.45, 7) is 3.35. The lowest BCUT2D eigenvalue weighted by atomic mass is 10.0. The summed E-state index contributed by atoms with van der Waals surface area (Å²) in [5, 5.41) is 0. The fraction of sp³-hybridized carbons (Fsp3) is 0.333. The second-order valence-corrected chi connectivity index (χ2v) is 8.06. The van der Waals surface area contributed by atoms with Crippen molar-refractivity contribution in [3.05, 3.63) is 72.5 Å². The Labute approximate surface area is 194 Å². The van der Waals surface area contributed by atoms with Gasteiger partial charge in [-0.2, -0.15) is 0 Å². The van der Waals surface area contributed by atoms with Crippen molar-refractivity contribution in [2.24, 2.45) is 0 Å². The molecule has 5 nitrogen and oxygen atoms in total. The average Bonchev–Trinajstić information content (AvgIpc) is 2.86. The molecule has 0 saturated carbocycles. The van der Waals surface area contributed by atoms with Crippen molar-refractivity contribution in [1.29, 1.82) is 0 Å². The van der Waals surface area contributed by atoms with E-state index in [0.717, 1.165) is 60.9 Å². The van der Waals surface area contributed by atoms with E-state index in [2.05, 4.69) is 11.0 Å². The molecule has 6 heteroatoms. The van der Waals surface area contributed by atoms with Crippen LogP contribution in [-0.4, -0.2) is 51.5 Å². The Morgan fingerprint density at radius 3 is 2.33 bits per heavy atom. The Morgan fingerprint density at radius 2 is 1.61 bits per heavy atom. The van der Waals surface area contributed by atoms with E-state index in [1.165, 1.54) is 12.1 Å². The van der Waals surface area contributed by atoms with Crippen LogP contribution in [0.2, 0.25) is 0 Å². The zero-order chi connectivity index (χ0) is 23.0. The minimum absolute atomic E-state index is 0.182. The van der Waals surface area contributed by atoms with Gasteiger partial charge in [0, 0.05) is 25.2 Å². The number of hydrogen-bond acceptors (Lipinski definition) is 5. The largest absolute Gasteiger partial charge is 0.497 e. The van der Waals surface area contributed by atoms with Crippen molar-refractivity contribution < 1.29 is 23.3 Å². The van der Waals surface area contributed by atoms with Gasteiger partial charge in [0.15, 0.2) is 0 Å². The summed E-state index contributed by atoms with van der Waals surface area (Å²) >= 11 is 0. The summed E-state index contributed by atoms with van der Waals surface area (Å²) in [6, 6.07) is 20.0. The smallest absolute Gasteiger partial charge is 0.126 e. The Balaban J connectivity index is 1.29. The minimum Gasteiger partial charge on any atom is -0.497 e. The molecule has 0 bridgehead atoms. The number of nitrogens with zero attached hydrogens (tertiary/aromatic N) is 1. The van der Waals surface area contributed by atoms with Crippen molar-refractivity contribution in [3.8, 4) is 34.1 Å². The highest BCUT2D eigenvalue weighted by molar-refractivity contribution is 5.73. The molecule has 3 aromatic carbocycles. The van der Waals surface area contributed by atoms with Gasteiger partial charge in [-0.05, 0) is 73.0 Å². The van der Waals surface area contributed by atoms with E-state index in [1.54, 1.807) is 26.4 Å². The molecule has 33 heavy (non-hydrogen) atoms. The van der Waals surface area contributed by atoms with Crippen LogP contribution in [0, 0.1) is 5.82 Å². The molecule has 0 unspecified atom stereocenters. The monoisotopic (exact) mass is 451 g/mol. The first-order chi connectivity index (χ1) is 16.1. The van der Waals surface area contributed by atoms with Gasteiger partial charge >= 0.3 is 0 Å². The van der Waals surface area contributed by atoms with E-state index in [9.17, 15) is 4.39 Å². The van der Waals surface area contributed by atoms with Crippen LogP contribution in [0.1, 0.15) is 12.8 Å². The third-order valence-electron chi connectivity index (χ3n) is 5.88. The molecule has 0 atom stereocenters. The van der Waals surface area contributed by atoms with Crippen molar-refractivity contribution in [1.82, 2.24) is 4.90 Å². The molecule has 4 rings (SSSR count). The summed E-state index contributed by atoms with van der Waals surface area (Å²) in [4.78, 5) is 2.38. The molecule has 0 aliphatic carbocycles. The third-order valence-corrected chi connectivity index (χ3v) is 5.88. The van der Waals surface area contributed by atoms with E-state index in [1.807, 2.05) is 36.4 Å². The van der Waals surface area contributed by atoms with Crippen molar-refractivity contribution >= 4 is 0 Å². The SMILES string of the molecule is COc1ccc(OC)c(-c2cccc(OC3CCN(CCOc4ccc(F)cc4)CC3)c2)c1. The van der Waals surface area contributed by atoms with Crippen LogP contribution in [0.15, 0.2) is 66.7 Å². The van der Waals surface area contributed by atoms with Gasteiger partial charge in [0.25, 0.3) is 0 Å². The molecule has 0 aromatic heterocycles. The predicted octanol–water partition coefficient (Wildman–Crippen LogP) is 5.43. The zero-order valence-corrected chi connectivity index (χ0v) is 19.1. The van der Waals surface area contributed by atoms with Crippen LogP contribution in [0.25, 0.3) is 11.1 Å². The molecule has 0 spiro atoms. The lowest BCUT2D eigenvalue weighted by Gasteiger charge is -2.32. The quantitative estimate of drug-likeness (QED) is 0.434. The topological polar surface area (TPSA) is 40.2 Å². The number of methoxy groups -OCH3 is 2. The van der Waals surface area contributed by atoms with E-state index < -0.39 is 0 Å². The molecule has 1 aliphatic rings. The minimum atomic E-state index is -0.252. The van der Waals surface area contributed by atoms with Crippen molar-refractivity contribution in [2.45, 2.75) is 18.9 Å². The van der Waals surface area contributed by atoms with Gasteiger partial charge in [0.2, 0.25) is 0 Å². The van der Waals surface area contributed by atoms with Crippen molar-refractivity contribution in [3.63, 3.8) is 0 Å². The highest BCUT2D eigenvalue weighted by atomic mass is 19.1. The first-order valence-electron chi connectivity index (χ1n) is 11.2. The maximum absolute atomic E-state index is 13.0.